The van der Waals surface area contributed by atoms with Gasteiger partial charge in [0.2, 0.25) is 0 Å². The van der Waals surface area contributed by atoms with E-state index in [1.807, 2.05) is 0 Å². The van der Waals surface area contributed by atoms with Crippen molar-refractivity contribution in [3.8, 4) is 0 Å². The van der Waals surface area contributed by atoms with E-state index >= 15 is 0 Å². The largest absolute Gasteiger partial charge is 0.462 e. The molecule has 1 atom stereocenters. The zero-order chi connectivity index (χ0) is 56.4. The Morgan fingerprint density at radius 1 is 0.269 bits per heavy atom. The molecule has 0 amide bonds. The number of hydrogen-bond acceptors (Lipinski definition) is 6. The molecule has 0 fully saturated rings. The minimum Gasteiger partial charge on any atom is -0.462 e. The normalized spacial score (nSPS) is 13.0. The first-order valence-electron chi connectivity index (χ1n) is 32.2. The molecule has 0 bridgehead atoms. The van der Waals surface area contributed by atoms with Gasteiger partial charge in [0.1, 0.15) is 13.2 Å². The molecule has 0 N–H and O–H groups in total. The van der Waals surface area contributed by atoms with Gasteiger partial charge in [-0.1, -0.05) is 264 Å². The summed E-state index contributed by atoms with van der Waals surface area (Å²) < 4.78 is 16.9. The molecule has 0 heterocycles. The summed E-state index contributed by atoms with van der Waals surface area (Å²) >= 11 is 0. The Morgan fingerprint density at radius 3 is 0.846 bits per heavy atom. The molecule has 0 aromatic carbocycles. The summed E-state index contributed by atoms with van der Waals surface area (Å²) in [6.45, 7) is 6.42. The zero-order valence-electron chi connectivity index (χ0n) is 50.6. The van der Waals surface area contributed by atoms with Crippen LogP contribution in [0.4, 0.5) is 0 Å². The lowest BCUT2D eigenvalue weighted by Gasteiger charge is -2.18. The smallest absolute Gasteiger partial charge is 0.306 e. The summed E-state index contributed by atoms with van der Waals surface area (Å²) in [6.07, 6.45) is 91.8. The van der Waals surface area contributed by atoms with Crippen LogP contribution in [0.1, 0.15) is 284 Å². The highest BCUT2D eigenvalue weighted by molar-refractivity contribution is 5.71. The third-order valence-electron chi connectivity index (χ3n) is 13.3. The lowest BCUT2D eigenvalue weighted by molar-refractivity contribution is -0.167. The van der Waals surface area contributed by atoms with Crippen LogP contribution in [-0.2, 0) is 28.6 Å². The Bertz CT molecular complexity index is 1670. The van der Waals surface area contributed by atoms with E-state index in [1.54, 1.807) is 0 Å². The van der Waals surface area contributed by atoms with Crippen molar-refractivity contribution in [2.75, 3.05) is 13.2 Å². The van der Waals surface area contributed by atoms with Crippen molar-refractivity contribution in [1.29, 1.82) is 0 Å². The van der Waals surface area contributed by atoms with Crippen LogP contribution in [-0.4, -0.2) is 37.2 Å². The zero-order valence-corrected chi connectivity index (χ0v) is 50.6. The Hall–Kier alpha value is -4.45. The minimum atomic E-state index is -0.794. The van der Waals surface area contributed by atoms with E-state index in [-0.39, 0.29) is 31.1 Å². The van der Waals surface area contributed by atoms with Crippen LogP contribution >= 0.6 is 0 Å². The van der Waals surface area contributed by atoms with Crippen molar-refractivity contribution in [2.45, 2.75) is 290 Å². The van der Waals surface area contributed by atoms with Gasteiger partial charge in [-0.3, -0.25) is 14.4 Å². The van der Waals surface area contributed by atoms with Crippen molar-refractivity contribution in [3.05, 3.63) is 134 Å². The predicted octanol–water partition coefficient (Wildman–Crippen LogP) is 22.2. The second-order valence-electron chi connectivity index (χ2n) is 20.9. The van der Waals surface area contributed by atoms with E-state index in [1.165, 1.54) is 96.3 Å². The minimum absolute atomic E-state index is 0.0915. The SMILES string of the molecule is CC/C=C\C/C=C\C/C=C\C/C=C\C/C=C\C/C=C\C/C=C\C/C=C\CCCCCCCCC(=O)OCC(COC(=O)CCCCCCC/C=C\CCC)OC(=O)CCCCCCCCCCC/C=C\C/C=C\CCCCC. The third kappa shape index (κ3) is 62.4. The van der Waals surface area contributed by atoms with Crippen LogP contribution in [0, 0.1) is 0 Å². The van der Waals surface area contributed by atoms with Gasteiger partial charge in [0.05, 0.1) is 0 Å². The highest BCUT2D eigenvalue weighted by Crippen LogP contribution is 2.15. The standard InChI is InChI=1S/C72H118O6/c1-4-7-10-13-16-19-22-24-26-28-30-31-32-33-34-35-36-37-38-39-40-41-43-44-46-48-50-53-56-59-62-65-71(74)77-68-69(67-76-70(73)64-61-58-55-52-21-18-15-12-9-6-3)78-72(75)66-63-60-57-54-51-49-47-45-42-29-27-25-23-20-17-14-11-8-5-2/h7,10,12,15-17,19-20,24-27,30-31,33-34,36-37,39-40,43-44,69H,4-6,8-9,11,13-14,18,21-23,28-29,32,35,38,41-42,45-68H2,1-3H3/b10-7-,15-12-,19-16-,20-17-,26-24-,27-25-,31-30-,34-33-,37-36-,40-39-,44-43-. The molecule has 6 nitrogen and oxygen atoms in total. The van der Waals surface area contributed by atoms with Gasteiger partial charge in [0, 0.05) is 19.3 Å². The van der Waals surface area contributed by atoms with Crippen molar-refractivity contribution in [1.82, 2.24) is 0 Å². The molecule has 0 saturated heterocycles. The van der Waals surface area contributed by atoms with E-state index < -0.39 is 6.10 Å². The molecule has 0 spiro atoms. The molecule has 6 heteroatoms. The van der Waals surface area contributed by atoms with Gasteiger partial charge < -0.3 is 14.2 Å². The predicted molar refractivity (Wildman–Crippen MR) is 339 cm³/mol. The fourth-order valence-corrected chi connectivity index (χ4v) is 8.55. The first-order chi connectivity index (χ1) is 38.5. The van der Waals surface area contributed by atoms with E-state index in [2.05, 4.69) is 154 Å². The Labute approximate surface area is 481 Å². The van der Waals surface area contributed by atoms with Crippen LogP contribution in [0.2, 0.25) is 0 Å². The topological polar surface area (TPSA) is 78.9 Å². The molecule has 0 aromatic rings. The van der Waals surface area contributed by atoms with Crippen LogP contribution < -0.4 is 0 Å². The summed E-state index contributed by atoms with van der Waals surface area (Å²) in [5, 5.41) is 0. The molecular formula is C72H118O6. The Morgan fingerprint density at radius 2 is 0.526 bits per heavy atom. The van der Waals surface area contributed by atoms with E-state index in [0.29, 0.717) is 19.3 Å². The van der Waals surface area contributed by atoms with Crippen molar-refractivity contribution < 1.29 is 28.6 Å². The van der Waals surface area contributed by atoms with Gasteiger partial charge in [-0.25, -0.2) is 0 Å². The van der Waals surface area contributed by atoms with Gasteiger partial charge >= 0.3 is 17.9 Å². The van der Waals surface area contributed by atoms with Crippen molar-refractivity contribution >= 4 is 17.9 Å². The average Bonchev–Trinajstić information content (AvgIpc) is 3.44. The van der Waals surface area contributed by atoms with Gasteiger partial charge in [-0.2, -0.15) is 0 Å². The first kappa shape index (κ1) is 73.5. The molecule has 0 aliphatic carbocycles. The second kappa shape index (κ2) is 65.1. The monoisotopic (exact) mass is 1080 g/mol. The maximum Gasteiger partial charge on any atom is 0.306 e. The quantitative estimate of drug-likeness (QED) is 0.0261. The van der Waals surface area contributed by atoms with Crippen LogP contribution in [0.3, 0.4) is 0 Å². The van der Waals surface area contributed by atoms with Crippen LogP contribution in [0.25, 0.3) is 0 Å². The van der Waals surface area contributed by atoms with E-state index in [4.69, 9.17) is 14.2 Å². The van der Waals surface area contributed by atoms with Gasteiger partial charge in [0.15, 0.2) is 6.10 Å². The summed E-state index contributed by atoms with van der Waals surface area (Å²) in [5.74, 6) is -0.920. The maximum atomic E-state index is 12.9. The van der Waals surface area contributed by atoms with Gasteiger partial charge in [0.25, 0.3) is 0 Å². The lowest BCUT2D eigenvalue weighted by Crippen LogP contribution is -2.30. The Balaban J connectivity index is 4.29. The molecule has 78 heavy (non-hydrogen) atoms. The number of allylic oxidation sites excluding steroid dienone is 22. The number of rotatable bonds is 57. The molecule has 0 saturated carbocycles. The first-order valence-corrected chi connectivity index (χ1v) is 32.2. The second-order valence-corrected chi connectivity index (χ2v) is 20.9. The number of unbranched alkanes of at least 4 members (excludes halogenated alkanes) is 24. The van der Waals surface area contributed by atoms with Crippen molar-refractivity contribution in [3.63, 3.8) is 0 Å². The summed E-state index contributed by atoms with van der Waals surface area (Å²) in [4.78, 5) is 38.2. The number of esters is 3. The van der Waals surface area contributed by atoms with Crippen LogP contribution in [0.15, 0.2) is 134 Å². The molecule has 0 aromatic heterocycles. The molecule has 0 rings (SSSR count). The van der Waals surface area contributed by atoms with Crippen molar-refractivity contribution in [2.24, 2.45) is 0 Å². The highest BCUT2D eigenvalue weighted by Gasteiger charge is 2.19. The molecule has 442 valence electrons. The fraction of sp³-hybridized carbons (Fsp3) is 0.653. The van der Waals surface area contributed by atoms with Gasteiger partial charge in [-0.15, -0.1) is 0 Å². The van der Waals surface area contributed by atoms with E-state index in [0.717, 1.165) is 148 Å². The number of hydrogen-bond donors (Lipinski definition) is 0. The third-order valence-corrected chi connectivity index (χ3v) is 13.3. The molecule has 1 unspecified atom stereocenters. The number of ether oxygens (including phenoxy) is 3. The summed E-state index contributed by atoms with van der Waals surface area (Å²) in [7, 11) is 0. The van der Waals surface area contributed by atoms with E-state index in [9.17, 15) is 14.4 Å². The Kier molecular flexibility index (Phi) is 61.4. The van der Waals surface area contributed by atoms with Crippen LogP contribution in [0.5, 0.6) is 0 Å². The van der Waals surface area contributed by atoms with Gasteiger partial charge in [-0.05, 0) is 135 Å². The molecular weight excluding hydrogens is 961 g/mol. The lowest BCUT2D eigenvalue weighted by atomic mass is 10.1. The summed E-state index contributed by atoms with van der Waals surface area (Å²) in [6, 6.07) is 0. The fourth-order valence-electron chi connectivity index (χ4n) is 8.55. The maximum absolute atomic E-state index is 12.9. The number of carbonyl (C=O) groups is 3. The molecule has 0 aliphatic rings. The average molecular weight is 1080 g/mol. The summed E-state index contributed by atoms with van der Waals surface area (Å²) in [5.41, 5.74) is 0. The molecule has 0 aliphatic heterocycles. The number of carbonyl (C=O) groups excluding carboxylic acids is 3. The molecule has 0 radical (unpaired) electrons. The highest BCUT2D eigenvalue weighted by atomic mass is 16.6.